The van der Waals surface area contributed by atoms with Crippen molar-refractivity contribution >= 4 is 29.3 Å². The Morgan fingerprint density at radius 3 is 2.17 bits per heavy atom. The van der Waals surface area contributed by atoms with Crippen molar-refractivity contribution in [2.45, 2.75) is 27.7 Å². The third kappa shape index (κ3) is 3.12. The molecular formula is C18H18ClNO4. The third-order valence-electron chi connectivity index (χ3n) is 3.68. The number of ether oxygens (including phenoxy) is 1. The number of ketones is 1. The lowest BCUT2D eigenvalue weighted by atomic mass is 9.98. The van der Waals surface area contributed by atoms with Crippen LogP contribution in [0.2, 0.25) is 5.02 Å². The molecule has 0 aliphatic rings. The van der Waals surface area contributed by atoms with Crippen molar-refractivity contribution in [2.75, 3.05) is 6.61 Å². The van der Waals surface area contributed by atoms with Gasteiger partial charge in [-0.25, -0.2) is 4.79 Å². The van der Waals surface area contributed by atoms with Crippen LogP contribution in [0.25, 0.3) is 11.1 Å². The normalized spacial score (nSPS) is 10.5. The number of benzene rings is 1. The maximum absolute atomic E-state index is 12.5. The summed E-state index contributed by atoms with van der Waals surface area (Å²) in [5.74, 6) is -1.24. The van der Waals surface area contributed by atoms with E-state index in [0.717, 1.165) is 0 Å². The monoisotopic (exact) mass is 347 g/mol. The Hall–Kier alpha value is -2.40. The van der Waals surface area contributed by atoms with Gasteiger partial charge in [-0.1, -0.05) is 23.7 Å². The molecular weight excluding hydrogens is 330 g/mol. The Morgan fingerprint density at radius 2 is 1.71 bits per heavy atom. The van der Waals surface area contributed by atoms with Crippen LogP contribution >= 0.6 is 11.6 Å². The number of Topliss-reactive ketones (excluding diaryl/α,β-unsaturated/α-hetero) is 1. The minimum atomic E-state index is -0.645. The van der Waals surface area contributed by atoms with E-state index in [1.807, 2.05) is 0 Å². The van der Waals surface area contributed by atoms with Gasteiger partial charge in [0, 0.05) is 28.8 Å². The van der Waals surface area contributed by atoms with Crippen LogP contribution in [0.1, 0.15) is 52.1 Å². The molecule has 0 unspecified atom stereocenters. The van der Waals surface area contributed by atoms with E-state index in [-0.39, 0.29) is 24.0 Å². The number of rotatable bonds is 4. The average Bonchev–Trinajstić information content (AvgIpc) is 2.81. The zero-order valence-corrected chi connectivity index (χ0v) is 14.7. The van der Waals surface area contributed by atoms with E-state index in [2.05, 4.69) is 0 Å². The van der Waals surface area contributed by atoms with E-state index >= 15 is 0 Å². The number of esters is 1. The van der Waals surface area contributed by atoms with Crippen molar-refractivity contribution < 1.29 is 19.1 Å². The molecule has 24 heavy (non-hydrogen) atoms. The second-order valence-electron chi connectivity index (χ2n) is 5.32. The summed E-state index contributed by atoms with van der Waals surface area (Å²) in [6.45, 7) is 6.23. The zero-order valence-electron chi connectivity index (χ0n) is 14.0. The molecule has 0 radical (unpaired) electrons. The summed E-state index contributed by atoms with van der Waals surface area (Å²) in [5.41, 5.74) is 1.83. The fourth-order valence-corrected chi connectivity index (χ4v) is 2.93. The summed E-state index contributed by atoms with van der Waals surface area (Å²) >= 11 is 5.92. The second kappa shape index (κ2) is 7.01. The predicted octanol–water partition coefficient (Wildman–Crippen LogP) is 4.16. The van der Waals surface area contributed by atoms with Gasteiger partial charge in [-0.15, -0.1) is 0 Å². The summed E-state index contributed by atoms with van der Waals surface area (Å²) in [6, 6.07) is 6.74. The van der Waals surface area contributed by atoms with Crippen LogP contribution in [0.3, 0.4) is 0 Å². The molecule has 6 heteroatoms. The summed E-state index contributed by atoms with van der Waals surface area (Å²) in [7, 11) is 0. The molecule has 2 aromatic rings. The molecule has 0 saturated heterocycles. The Kier molecular flexibility index (Phi) is 5.24. The van der Waals surface area contributed by atoms with Gasteiger partial charge >= 0.3 is 5.97 Å². The third-order valence-corrected chi connectivity index (χ3v) is 3.93. The Morgan fingerprint density at radius 1 is 1.12 bits per heavy atom. The predicted molar refractivity (Wildman–Crippen MR) is 91.9 cm³/mol. The van der Waals surface area contributed by atoms with Gasteiger partial charge in [-0.05, 0) is 38.5 Å². The van der Waals surface area contributed by atoms with Crippen LogP contribution in [0, 0.1) is 6.92 Å². The van der Waals surface area contributed by atoms with Gasteiger partial charge in [-0.3, -0.25) is 14.2 Å². The topological polar surface area (TPSA) is 65.4 Å². The average molecular weight is 348 g/mol. The van der Waals surface area contributed by atoms with Crippen LogP contribution in [0.4, 0.5) is 0 Å². The van der Waals surface area contributed by atoms with Gasteiger partial charge in [0.2, 0.25) is 5.91 Å². The van der Waals surface area contributed by atoms with Gasteiger partial charge < -0.3 is 4.74 Å². The number of carbonyl (C=O) groups is 3. The molecule has 0 fully saturated rings. The van der Waals surface area contributed by atoms with E-state index in [0.29, 0.717) is 27.4 Å². The number of halogens is 1. The lowest BCUT2D eigenvalue weighted by Gasteiger charge is -2.09. The molecule has 1 aromatic heterocycles. The number of aromatic nitrogens is 1. The molecule has 0 atom stereocenters. The summed E-state index contributed by atoms with van der Waals surface area (Å²) in [6.07, 6.45) is 0. The van der Waals surface area contributed by atoms with Crippen molar-refractivity contribution in [2.24, 2.45) is 0 Å². The van der Waals surface area contributed by atoms with Crippen molar-refractivity contribution in [1.82, 2.24) is 4.57 Å². The first-order chi connectivity index (χ1) is 11.3. The molecule has 0 amide bonds. The summed E-state index contributed by atoms with van der Waals surface area (Å²) in [5, 5.41) is 0.531. The van der Waals surface area contributed by atoms with Gasteiger partial charge in [0.15, 0.2) is 5.78 Å². The van der Waals surface area contributed by atoms with Crippen molar-refractivity contribution in [3.63, 3.8) is 0 Å². The number of nitrogens with zero attached hydrogens (tertiary/aromatic N) is 1. The van der Waals surface area contributed by atoms with E-state index in [4.69, 9.17) is 16.3 Å². The van der Waals surface area contributed by atoms with Gasteiger partial charge in [0.05, 0.1) is 6.61 Å². The largest absolute Gasteiger partial charge is 0.461 e. The second-order valence-corrected chi connectivity index (χ2v) is 5.76. The first-order valence-corrected chi connectivity index (χ1v) is 7.87. The highest BCUT2D eigenvalue weighted by Gasteiger charge is 2.30. The molecule has 126 valence electrons. The van der Waals surface area contributed by atoms with Crippen LogP contribution in [-0.2, 0) is 4.74 Å². The molecule has 5 nitrogen and oxygen atoms in total. The van der Waals surface area contributed by atoms with E-state index in [1.165, 1.54) is 18.4 Å². The molecule has 2 rings (SSSR count). The van der Waals surface area contributed by atoms with Crippen LogP contribution < -0.4 is 0 Å². The lowest BCUT2D eigenvalue weighted by Crippen LogP contribution is -2.18. The first-order valence-electron chi connectivity index (χ1n) is 7.49. The van der Waals surface area contributed by atoms with Gasteiger partial charge in [0.1, 0.15) is 5.69 Å². The number of carbonyl (C=O) groups excluding carboxylic acids is 3. The minimum Gasteiger partial charge on any atom is -0.461 e. The maximum atomic E-state index is 12.5. The molecule has 0 spiro atoms. The van der Waals surface area contributed by atoms with Crippen LogP contribution in [-0.4, -0.2) is 28.8 Å². The van der Waals surface area contributed by atoms with Crippen molar-refractivity contribution in [1.29, 1.82) is 0 Å². The molecule has 0 aliphatic heterocycles. The molecule has 1 heterocycles. The Bertz CT molecular complexity index is 819. The fourth-order valence-electron chi connectivity index (χ4n) is 2.81. The fraction of sp³-hybridized carbons (Fsp3) is 0.278. The Labute approximate surface area is 145 Å². The number of hydrogen-bond acceptors (Lipinski definition) is 4. The summed E-state index contributed by atoms with van der Waals surface area (Å²) in [4.78, 5) is 36.8. The quantitative estimate of drug-likeness (QED) is 0.615. The van der Waals surface area contributed by atoms with E-state index in [1.54, 1.807) is 38.1 Å². The van der Waals surface area contributed by atoms with Gasteiger partial charge in [-0.2, -0.15) is 0 Å². The van der Waals surface area contributed by atoms with Crippen LogP contribution in [0.5, 0.6) is 0 Å². The summed E-state index contributed by atoms with van der Waals surface area (Å²) < 4.78 is 6.34. The highest BCUT2D eigenvalue weighted by Crippen LogP contribution is 2.34. The lowest BCUT2D eigenvalue weighted by molar-refractivity contribution is 0.0509. The molecule has 0 saturated carbocycles. The molecule has 0 bridgehead atoms. The van der Waals surface area contributed by atoms with Gasteiger partial charge in [0.25, 0.3) is 0 Å². The first kappa shape index (κ1) is 17.9. The smallest absolute Gasteiger partial charge is 0.356 e. The molecule has 0 N–H and O–H groups in total. The standard InChI is InChI=1S/C18H18ClNO4/c1-5-24-18(23)17-16(13-6-8-14(19)9-7-13)15(11(3)21)10(2)20(17)12(4)22/h6-9H,5H2,1-4H3. The molecule has 0 aliphatic carbocycles. The maximum Gasteiger partial charge on any atom is 0.356 e. The van der Waals surface area contributed by atoms with E-state index in [9.17, 15) is 14.4 Å². The van der Waals surface area contributed by atoms with Crippen molar-refractivity contribution in [3.8, 4) is 11.1 Å². The molecule has 1 aromatic carbocycles. The van der Waals surface area contributed by atoms with Crippen LogP contribution in [0.15, 0.2) is 24.3 Å². The minimum absolute atomic E-state index is 0.0642. The number of hydrogen-bond donors (Lipinski definition) is 0. The SMILES string of the molecule is CCOC(=O)c1c(-c2ccc(Cl)cc2)c(C(C)=O)c(C)n1C(C)=O. The zero-order chi connectivity index (χ0) is 18.0. The highest BCUT2D eigenvalue weighted by molar-refractivity contribution is 6.30. The van der Waals surface area contributed by atoms with E-state index < -0.39 is 5.97 Å². The Balaban J connectivity index is 2.90. The highest BCUT2D eigenvalue weighted by atomic mass is 35.5. The van der Waals surface area contributed by atoms with Crippen molar-refractivity contribution in [3.05, 3.63) is 46.2 Å².